The van der Waals surface area contributed by atoms with Gasteiger partial charge in [0.2, 0.25) is 0 Å². The smallest absolute Gasteiger partial charge is 0.257 e. The van der Waals surface area contributed by atoms with Crippen molar-refractivity contribution in [1.82, 2.24) is 4.98 Å². The van der Waals surface area contributed by atoms with E-state index in [0.717, 1.165) is 27.6 Å². The largest absolute Gasteiger partial charge is 0.322 e. The molecule has 5 nitrogen and oxygen atoms in total. The van der Waals surface area contributed by atoms with E-state index in [1.54, 1.807) is 24.0 Å². The summed E-state index contributed by atoms with van der Waals surface area (Å²) in [5.41, 5.74) is 4.22. The molecule has 0 fully saturated rings. The number of halogens is 1. The number of rotatable bonds is 5. The average Bonchev–Trinajstić information content (AvgIpc) is 3.09. The van der Waals surface area contributed by atoms with E-state index in [0.29, 0.717) is 11.3 Å². The van der Waals surface area contributed by atoms with Crippen molar-refractivity contribution >= 4 is 29.0 Å². The average molecular weight is 392 g/mol. The maximum absolute atomic E-state index is 12.9. The zero-order valence-electron chi connectivity index (χ0n) is 15.1. The number of aromatic nitrogens is 1. The Morgan fingerprint density at radius 2 is 1.96 bits per heavy atom. The fraction of sp³-hybridized carbons (Fsp3) is 0.143. The highest BCUT2D eigenvalue weighted by atomic mass is 32.2. The molecule has 7 heteroatoms. The van der Waals surface area contributed by atoms with Crippen molar-refractivity contribution in [3.63, 3.8) is 0 Å². The van der Waals surface area contributed by atoms with Crippen LogP contribution in [0.4, 0.5) is 15.8 Å². The Hall–Kier alpha value is -3.06. The fourth-order valence-corrected chi connectivity index (χ4v) is 3.61. The van der Waals surface area contributed by atoms with Crippen LogP contribution in [0.2, 0.25) is 0 Å². The highest BCUT2D eigenvalue weighted by Gasteiger charge is 2.16. The number of carbonyl (C=O) groups excluding carboxylic acids is 1. The summed E-state index contributed by atoms with van der Waals surface area (Å²) in [5.74, 6) is 0.126. The Balaban J connectivity index is 1.36. The molecular formula is C21H17FN4OS. The van der Waals surface area contributed by atoms with Crippen LogP contribution in [-0.4, -0.2) is 10.9 Å². The standard InChI is InChI=1S/C21H17FN4OS/c1-13-18-8-2-14(10-19(18)26-25-13)12-28-20-9-3-15(11-23-20)21(27)24-17-6-4-16(22)5-7-17/h2-11,13H,12H2,1H3,(H,24,27). The quantitative estimate of drug-likeness (QED) is 0.548. The number of hydrogen-bond donors (Lipinski definition) is 1. The van der Waals surface area contributed by atoms with Crippen LogP contribution in [-0.2, 0) is 5.75 Å². The van der Waals surface area contributed by atoms with Gasteiger partial charge in [-0.15, -0.1) is 11.8 Å². The van der Waals surface area contributed by atoms with E-state index >= 15 is 0 Å². The van der Waals surface area contributed by atoms with Gasteiger partial charge < -0.3 is 5.32 Å². The van der Waals surface area contributed by atoms with Gasteiger partial charge in [0.15, 0.2) is 0 Å². The number of hydrogen-bond acceptors (Lipinski definition) is 5. The summed E-state index contributed by atoms with van der Waals surface area (Å²) in [6, 6.07) is 15.5. The van der Waals surface area contributed by atoms with Gasteiger partial charge in [-0.3, -0.25) is 4.79 Å². The van der Waals surface area contributed by atoms with Crippen molar-refractivity contribution in [3.8, 4) is 0 Å². The summed E-state index contributed by atoms with van der Waals surface area (Å²) in [7, 11) is 0. The van der Waals surface area contributed by atoms with Gasteiger partial charge in [-0.25, -0.2) is 9.37 Å². The number of nitrogens with zero attached hydrogens (tertiary/aromatic N) is 3. The molecule has 0 aliphatic carbocycles. The lowest BCUT2D eigenvalue weighted by Crippen LogP contribution is -2.12. The normalized spacial score (nSPS) is 14.7. The number of azo groups is 1. The minimum absolute atomic E-state index is 0.131. The third-order valence-electron chi connectivity index (χ3n) is 4.37. The van der Waals surface area contributed by atoms with Crippen LogP contribution >= 0.6 is 11.8 Å². The molecule has 140 valence electrons. The minimum atomic E-state index is -0.345. The van der Waals surface area contributed by atoms with E-state index < -0.39 is 0 Å². The van der Waals surface area contributed by atoms with E-state index in [1.807, 2.05) is 13.0 Å². The monoisotopic (exact) mass is 392 g/mol. The first-order valence-electron chi connectivity index (χ1n) is 8.78. The van der Waals surface area contributed by atoms with Gasteiger partial charge in [0.05, 0.1) is 22.3 Å². The third-order valence-corrected chi connectivity index (χ3v) is 5.39. The number of benzene rings is 2. The number of anilines is 1. The van der Waals surface area contributed by atoms with Gasteiger partial charge in [-0.1, -0.05) is 12.1 Å². The van der Waals surface area contributed by atoms with Crippen LogP contribution in [0.3, 0.4) is 0 Å². The van der Waals surface area contributed by atoms with Gasteiger partial charge in [0, 0.05) is 23.2 Å². The molecule has 28 heavy (non-hydrogen) atoms. The van der Waals surface area contributed by atoms with Crippen molar-refractivity contribution < 1.29 is 9.18 Å². The molecule has 1 unspecified atom stereocenters. The number of amides is 1. The maximum Gasteiger partial charge on any atom is 0.257 e. The molecule has 2 heterocycles. The molecule has 1 aliphatic heterocycles. The summed E-state index contributed by atoms with van der Waals surface area (Å²) in [6.07, 6.45) is 1.54. The topological polar surface area (TPSA) is 66.7 Å². The van der Waals surface area contributed by atoms with Gasteiger partial charge in [-0.05, 0) is 55.0 Å². The molecule has 1 atom stereocenters. The Kier molecular flexibility index (Phi) is 5.16. The Morgan fingerprint density at radius 1 is 1.14 bits per heavy atom. The molecule has 4 rings (SSSR count). The van der Waals surface area contributed by atoms with Gasteiger partial charge >= 0.3 is 0 Å². The van der Waals surface area contributed by atoms with E-state index in [-0.39, 0.29) is 17.8 Å². The number of fused-ring (bicyclic) bond motifs is 1. The predicted molar refractivity (Wildman–Crippen MR) is 108 cm³/mol. The molecule has 1 aromatic heterocycles. The summed E-state index contributed by atoms with van der Waals surface area (Å²) in [5, 5.41) is 11.9. The molecule has 0 saturated carbocycles. The molecule has 1 N–H and O–H groups in total. The first-order chi connectivity index (χ1) is 13.6. The zero-order chi connectivity index (χ0) is 19.5. The number of carbonyl (C=O) groups is 1. The second-order valence-corrected chi connectivity index (χ2v) is 7.42. The van der Waals surface area contributed by atoms with Gasteiger partial charge in [0.25, 0.3) is 5.91 Å². The second-order valence-electron chi connectivity index (χ2n) is 6.42. The summed E-state index contributed by atoms with van der Waals surface area (Å²) >= 11 is 1.59. The van der Waals surface area contributed by atoms with Crippen LogP contribution in [0.5, 0.6) is 0 Å². The van der Waals surface area contributed by atoms with Crippen molar-refractivity contribution in [2.24, 2.45) is 10.2 Å². The van der Waals surface area contributed by atoms with Gasteiger partial charge in [0.1, 0.15) is 5.82 Å². The fourth-order valence-electron chi connectivity index (χ4n) is 2.82. The van der Waals surface area contributed by atoms with E-state index in [9.17, 15) is 9.18 Å². The van der Waals surface area contributed by atoms with Crippen LogP contribution in [0.15, 0.2) is 76.0 Å². The lowest BCUT2D eigenvalue weighted by Gasteiger charge is -2.07. The van der Waals surface area contributed by atoms with Crippen LogP contribution in [0.25, 0.3) is 0 Å². The number of pyridine rings is 1. The van der Waals surface area contributed by atoms with Crippen LogP contribution in [0, 0.1) is 5.82 Å². The van der Waals surface area contributed by atoms with E-state index in [1.165, 1.54) is 24.3 Å². The molecule has 0 radical (unpaired) electrons. The van der Waals surface area contributed by atoms with E-state index in [2.05, 4.69) is 38.7 Å². The van der Waals surface area contributed by atoms with Gasteiger partial charge in [-0.2, -0.15) is 10.2 Å². The van der Waals surface area contributed by atoms with Crippen molar-refractivity contribution in [1.29, 1.82) is 0 Å². The van der Waals surface area contributed by atoms with Crippen LogP contribution in [0.1, 0.15) is 34.5 Å². The zero-order valence-corrected chi connectivity index (χ0v) is 15.9. The molecule has 0 saturated heterocycles. The molecule has 3 aromatic rings. The highest BCUT2D eigenvalue weighted by Crippen LogP contribution is 2.36. The first-order valence-corrected chi connectivity index (χ1v) is 9.76. The molecule has 0 spiro atoms. The van der Waals surface area contributed by atoms with Crippen molar-refractivity contribution in [2.75, 3.05) is 5.32 Å². The summed E-state index contributed by atoms with van der Waals surface area (Å²) < 4.78 is 12.9. The SMILES string of the molecule is CC1N=Nc2cc(CSc3ccc(C(=O)Nc4ccc(F)cc4)cn3)ccc21. The Labute approximate surface area is 166 Å². The molecule has 1 aliphatic rings. The Bertz CT molecular complexity index is 1040. The molecular weight excluding hydrogens is 375 g/mol. The second kappa shape index (κ2) is 7.90. The first kappa shape index (κ1) is 18.3. The summed E-state index contributed by atoms with van der Waals surface area (Å²) in [6.45, 7) is 2.03. The molecule has 2 aromatic carbocycles. The molecule has 0 bridgehead atoms. The Morgan fingerprint density at radius 3 is 2.71 bits per heavy atom. The van der Waals surface area contributed by atoms with Crippen molar-refractivity contribution in [3.05, 3.63) is 83.3 Å². The summed E-state index contributed by atoms with van der Waals surface area (Å²) in [4.78, 5) is 16.6. The molecule has 1 amide bonds. The lowest BCUT2D eigenvalue weighted by molar-refractivity contribution is 0.102. The number of thioether (sulfide) groups is 1. The van der Waals surface area contributed by atoms with E-state index in [4.69, 9.17) is 0 Å². The highest BCUT2D eigenvalue weighted by molar-refractivity contribution is 7.98. The maximum atomic E-state index is 12.9. The predicted octanol–water partition coefficient (Wildman–Crippen LogP) is 5.92. The third kappa shape index (κ3) is 4.09. The van der Waals surface area contributed by atoms with Crippen molar-refractivity contribution in [2.45, 2.75) is 23.7 Å². The minimum Gasteiger partial charge on any atom is -0.322 e. The number of nitrogens with one attached hydrogen (secondary N) is 1. The lowest BCUT2D eigenvalue weighted by atomic mass is 10.1. The van der Waals surface area contributed by atoms with Crippen LogP contribution < -0.4 is 5.32 Å².